The number of hydrogen-bond acceptors (Lipinski definition) is 4. The van der Waals surface area contributed by atoms with Gasteiger partial charge in [0, 0.05) is 6.54 Å². The number of hydrogen-bond donors (Lipinski definition) is 2. The number of amides is 2. The van der Waals surface area contributed by atoms with Gasteiger partial charge in [-0.3, -0.25) is 9.59 Å². The van der Waals surface area contributed by atoms with Crippen LogP contribution in [0.2, 0.25) is 0 Å². The van der Waals surface area contributed by atoms with Crippen molar-refractivity contribution in [3.8, 4) is 0 Å². The zero-order valence-corrected chi connectivity index (χ0v) is 11.2. The summed E-state index contributed by atoms with van der Waals surface area (Å²) >= 11 is 1.51. The first kappa shape index (κ1) is 14.3. The molecule has 0 aromatic heterocycles. The number of rotatable bonds is 6. The summed E-state index contributed by atoms with van der Waals surface area (Å²) in [7, 11) is 0. The van der Waals surface area contributed by atoms with Crippen LogP contribution >= 0.6 is 11.8 Å². The fourth-order valence-electron chi connectivity index (χ4n) is 1.53. The molecule has 0 spiro atoms. The van der Waals surface area contributed by atoms with E-state index in [0.29, 0.717) is 24.5 Å². The van der Waals surface area contributed by atoms with E-state index in [1.807, 2.05) is 13.8 Å². The van der Waals surface area contributed by atoms with Gasteiger partial charge in [-0.2, -0.15) is 0 Å². The summed E-state index contributed by atoms with van der Waals surface area (Å²) in [5.41, 5.74) is -0.834. The van der Waals surface area contributed by atoms with E-state index in [-0.39, 0.29) is 24.9 Å². The standard InChI is InChI=1S/C11H20N2O3S/c1-3-11(16,4-2)7-12-9(14)5-13-8-17-6-10(13)15/h16H,3-8H2,1-2H3,(H,12,14). The topological polar surface area (TPSA) is 69.6 Å². The molecular formula is C11H20N2O3S. The monoisotopic (exact) mass is 260 g/mol. The SMILES string of the molecule is CCC(O)(CC)CNC(=O)CN1CSCC1=O. The molecule has 0 bridgehead atoms. The normalized spacial score (nSPS) is 16.4. The van der Waals surface area contributed by atoms with Gasteiger partial charge in [-0.05, 0) is 12.8 Å². The van der Waals surface area contributed by atoms with Crippen molar-refractivity contribution in [1.29, 1.82) is 0 Å². The largest absolute Gasteiger partial charge is 0.388 e. The molecule has 0 aromatic carbocycles. The van der Waals surface area contributed by atoms with Crippen LogP contribution in [0.5, 0.6) is 0 Å². The molecule has 2 N–H and O–H groups in total. The summed E-state index contributed by atoms with van der Waals surface area (Å²) in [6.45, 7) is 4.11. The van der Waals surface area contributed by atoms with Crippen molar-refractivity contribution in [1.82, 2.24) is 10.2 Å². The molecule has 1 aliphatic heterocycles. The highest BCUT2D eigenvalue weighted by molar-refractivity contribution is 8.00. The average molecular weight is 260 g/mol. The molecular weight excluding hydrogens is 240 g/mol. The van der Waals surface area contributed by atoms with Crippen LogP contribution in [0.3, 0.4) is 0 Å². The Morgan fingerprint density at radius 1 is 1.53 bits per heavy atom. The second kappa shape index (κ2) is 6.26. The summed E-state index contributed by atoms with van der Waals surface area (Å²) < 4.78 is 0. The molecule has 1 heterocycles. The fraction of sp³-hybridized carbons (Fsp3) is 0.818. The molecule has 0 saturated carbocycles. The van der Waals surface area contributed by atoms with Crippen molar-refractivity contribution in [2.45, 2.75) is 32.3 Å². The summed E-state index contributed by atoms with van der Waals surface area (Å²) in [5.74, 6) is 0.840. The molecule has 98 valence electrons. The zero-order chi connectivity index (χ0) is 12.9. The van der Waals surface area contributed by atoms with Crippen molar-refractivity contribution < 1.29 is 14.7 Å². The Labute approximate surface area is 106 Å². The molecule has 1 saturated heterocycles. The Bertz CT molecular complexity index is 292. The van der Waals surface area contributed by atoms with Gasteiger partial charge in [0.2, 0.25) is 11.8 Å². The molecule has 0 aliphatic carbocycles. The number of nitrogens with one attached hydrogen (secondary N) is 1. The van der Waals surface area contributed by atoms with Crippen LogP contribution in [0.25, 0.3) is 0 Å². The first-order valence-corrected chi connectivity index (χ1v) is 7.01. The van der Waals surface area contributed by atoms with E-state index in [1.165, 1.54) is 16.7 Å². The van der Waals surface area contributed by atoms with Gasteiger partial charge < -0.3 is 15.3 Å². The van der Waals surface area contributed by atoms with Crippen LogP contribution in [0, 0.1) is 0 Å². The zero-order valence-electron chi connectivity index (χ0n) is 10.4. The Morgan fingerprint density at radius 2 is 2.18 bits per heavy atom. The van der Waals surface area contributed by atoms with Gasteiger partial charge in [-0.1, -0.05) is 13.8 Å². The summed E-state index contributed by atoms with van der Waals surface area (Å²) in [5, 5.41) is 12.7. The molecule has 0 aromatic rings. The lowest BCUT2D eigenvalue weighted by Gasteiger charge is -2.25. The molecule has 6 heteroatoms. The molecule has 1 rings (SSSR count). The van der Waals surface area contributed by atoms with Gasteiger partial charge >= 0.3 is 0 Å². The lowest BCUT2D eigenvalue weighted by Crippen LogP contribution is -2.45. The van der Waals surface area contributed by atoms with E-state index in [2.05, 4.69) is 5.32 Å². The van der Waals surface area contributed by atoms with Crippen LogP contribution in [-0.2, 0) is 9.59 Å². The van der Waals surface area contributed by atoms with Gasteiger partial charge in [-0.25, -0.2) is 0 Å². The summed E-state index contributed by atoms with van der Waals surface area (Å²) in [6.07, 6.45) is 1.20. The van der Waals surface area contributed by atoms with E-state index >= 15 is 0 Å². The van der Waals surface area contributed by atoms with Crippen molar-refractivity contribution in [2.75, 3.05) is 24.7 Å². The Balaban J connectivity index is 2.32. The molecule has 1 fully saturated rings. The van der Waals surface area contributed by atoms with E-state index in [0.717, 1.165) is 0 Å². The van der Waals surface area contributed by atoms with Crippen LogP contribution in [0.15, 0.2) is 0 Å². The number of carbonyl (C=O) groups is 2. The van der Waals surface area contributed by atoms with E-state index < -0.39 is 5.60 Å². The number of aliphatic hydroxyl groups is 1. The van der Waals surface area contributed by atoms with Crippen molar-refractivity contribution in [3.05, 3.63) is 0 Å². The summed E-state index contributed by atoms with van der Waals surface area (Å²) in [6, 6.07) is 0. The van der Waals surface area contributed by atoms with Gasteiger partial charge in [0.1, 0.15) is 6.54 Å². The molecule has 5 nitrogen and oxygen atoms in total. The minimum atomic E-state index is -0.834. The minimum Gasteiger partial charge on any atom is -0.388 e. The quantitative estimate of drug-likeness (QED) is 0.715. The highest BCUT2D eigenvalue weighted by Gasteiger charge is 2.25. The fourth-order valence-corrected chi connectivity index (χ4v) is 2.44. The maximum absolute atomic E-state index is 11.6. The second-order valence-corrected chi connectivity index (χ2v) is 5.23. The highest BCUT2D eigenvalue weighted by atomic mass is 32.2. The predicted octanol–water partition coefficient (Wildman–Crippen LogP) is 0.187. The maximum atomic E-state index is 11.6. The third-order valence-corrected chi connectivity index (χ3v) is 4.04. The third kappa shape index (κ3) is 4.20. The average Bonchev–Trinajstić information content (AvgIpc) is 2.72. The van der Waals surface area contributed by atoms with E-state index in [4.69, 9.17) is 0 Å². The first-order chi connectivity index (χ1) is 8.00. The number of nitrogens with zero attached hydrogens (tertiary/aromatic N) is 1. The third-order valence-electron chi connectivity index (χ3n) is 3.09. The Hall–Kier alpha value is -0.750. The van der Waals surface area contributed by atoms with Crippen molar-refractivity contribution in [3.63, 3.8) is 0 Å². The van der Waals surface area contributed by atoms with Crippen LogP contribution in [-0.4, -0.2) is 52.1 Å². The molecule has 0 radical (unpaired) electrons. The van der Waals surface area contributed by atoms with Crippen LogP contribution < -0.4 is 5.32 Å². The lowest BCUT2D eigenvalue weighted by atomic mass is 9.98. The van der Waals surface area contributed by atoms with E-state index in [1.54, 1.807) is 0 Å². The molecule has 0 unspecified atom stereocenters. The number of carbonyl (C=O) groups excluding carboxylic acids is 2. The lowest BCUT2D eigenvalue weighted by molar-refractivity contribution is -0.132. The molecule has 2 amide bonds. The minimum absolute atomic E-state index is 0.00592. The number of thioether (sulfide) groups is 1. The van der Waals surface area contributed by atoms with Gasteiger partial charge in [0.25, 0.3) is 0 Å². The van der Waals surface area contributed by atoms with Crippen molar-refractivity contribution >= 4 is 23.6 Å². The first-order valence-electron chi connectivity index (χ1n) is 5.85. The van der Waals surface area contributed by atoms with E-state index in [9.17, 15) is 14.7 Å². The van der Waals surface area contributed by atoms with Gasteiger partial charge in [0.15, 0.2) is 0 Å². The van der Waals surface area contributed by atoms with Crippen LogP contribution in [0.4, 0.5) is 0 Å². The predicted molar refractivity (Wildman–Crippen MR) is 67.6 cm³/mol. The molecule has 0 atom stereocenters. The smallest absolute Gasteiger partial charge is 0.239 e. The Kier molecular flexibility index (Phi) is 5.27. The van der Waals surface area contributed by atoms with Gasteiger partial charge in [0.05, 0.1) is 17.2 Å². The second-order valence-electron chi connectivity index (χ2n) is 4.28. The highest BCUT2D eigenvalue weighted by Crippen LogP contribution is 2.15. The maximum Gasteiger partial charge on any atom is 0.239 e. The van der Waals surface area contributed by atoms with Crippen molar-refractivity contribution in [2.24, 2.45) is 0 Å². The Morgan fingerprint density at radius 3 is 2.65 bits per heavy atom. The summed E-state index contributed by atoms with van der Waals surface area (Å²) in [4.78, 5) is 24.4. The molecule has 1 aliphatic rings. The van der Waals surface area contributed by atoms with Crippen LogP contribution in [0.1, 0.15) is 26.7 Å². The molecule has 17 heavy (non-hydrogen) atoms. The van der Waals surface area contributed by atoms with Gasteiger partial charge in [-0.15, -0.1) is 11.8 Å².